The molecule has 0 saturated carbocycles. The van der Waals surface area contributed by atoms with E-state index in [0.717, 1.165) is 5.56 Å². The lowest BCUT2D eigenvalue weighted by Crippen LogP contribution is -2.55. The van der Waals surface area contributed by atoms with Gasteiger partial charge in [0, 0.05) is 12.1 Å². The van der Waals surface area contributed by atoms with Crippen LogP contribution in [0.15, 0.2) is 24.3 Å². The van der Waals surface area contributed by atoms with Gasteiger partial charge in [-0.3, -0.25) is 14.4 Å². The standard InChI is InChI=1S/C24H38N4O5/c1-9-28(21(31)17(14-18(25)29)26-22(32)33-24(6,7)8)19(20(30)27-23(3,4)5)16-12-10-15(2)11-13-16/h10-13,17,19H,9,14H2,1-8H3,(H2,25,29)(H,26,32)(H,27,30). The number of nitrogens with zero attached hydrogens (tertiary/aromatic N) is 1. The van der Waals surface area contributed by atoms with Crippen LogP contribution in [0.1, 0.15) is 72.1 Å². The highest BCUT2D eigenvalue weighted by atomic mass is 16.6. The van der Waals surface area contributed by atoms with Gasteiger partial charge in [-0.2, -0.15) is 0 Å². The maximum Gasteiger partial charge on any atom is 0.408 e. The number of carbonyl (C=O) groups excluding carboxylic acids is 4. The first-order valence-corrected chi connectivity index (χ1v) is 11.0. The monoisotopic (exact) mass is 462 g/mol. The summed E-state index contributed by atoms with van der Waals surface area (Å²) in [6.07, 6.45) is -1.29. The van der Waals surface area contributed by atoms with Gasteiger partial charge >= 0.3 is 6.09 Å². The number of primary amides is 1. The van der Waals surface area contributed by atoms with Gasteiger partial charge in [0.2, 0.25) is 17.7 Å². The van der Waals surface area contributed by atoms with Gasteiger partial charge in [0.15, 0.2) is 0 Å². The quantitative estimate of drug-likeness (QED) is 0.546. The predicted octanol–water partition coefficient (Wildman–Crippen LogP) is 2.57. The molecule has 1 rings (SSSR count). The highest BCUT2D eigenvalue weighted by Gasteiger charge is 2.37. The number of nitrogens with one attached hydrogen (secondary N) is 2. The minimum absolute atomic E-state index is 0.153. The van der Waals surface area contributed by atoms with E-state index in [1.165, 1.54) is 4.90 Å². The third kappa shape index (κ3) is 9.51. The van der Waals surface area contributed by atoms with Gasteiger partial charge in [0.1, 0.15) is 17.7 Å². The first kappa shape index (κ1) is 27.9. The molecule has 0 heterocycles. The summed E-state index contributed by atoms with van der Waals surface area (Å²) in [5, 5.41) is 5.35. The molecule has 0 aliphatic heterocycles. The molecule has 33 heavy (non-hydrogen) atoms. The molecule has 9 heteroatoms. The zero-order valence-electron chi connectivity index (χ0n) is 20.9. The molecule has 1 aromatic carbocycles. The van der Waals surface area contributed by atoms with Crippen LogP contribution in [0, 0.1) is 6.92 Å². The highest BCUT2D eigenvalue weighted by Crippen LogP contribution is 2.24. The van der Waals surface area contributed by atoms with Crippen molar-refractivity contribution in [2.75, 3.05) is 6.54 Å². The Morgan fingerprint density at radius 1 is 1.03 bits per heavy atom. The molecule has 0 radical (unpaired) electrons. The summed E-state index contributed by atoms with van der Waals surface area (Å²) in [6, 6.07) is 5.01. The van der Waals surface area contributed by atoms with Crippen molar-refractivity contribution < 1.29 is 23.9 Å². The summed E-state index contributed by atoms with van der Waals surface area (Å²) in [5.74, 6) is -1.76. The minimum Gasteiger partial charge on any atom is -0.444 e. The first-order chi connectivity index (χ1) is 15.0. The molecule has 0 aliphatic carbocycles. The third-order valence-corrected chi connectivity index (χ3v) is 4.47. The molecule has 1 aromatic rings. The summed E-state index contributed by atoms with van der Waals surface area (Å²) < 4.78 is 5.23. The Morgan fingerprint density at radius 2 is 1.58 bits per heavy atom. The van der Waals surface area contributed by atoms with Gasteiger partial charge in [0.25, 0.3) is 0 Å². The number of alkyl carbamates (subject to hydrolysis) is 1. The summed E-state index contributed by atoms with van der Waals surface area (Å²) in [6.45, 7) is 14.4. The first-order valence-electron chi connectivity index (χ1n) is 11.0. The summed E-state index contributed by atoms with van der Waals surface area (Å²) in [5.41, 5.74) is 5.61. The Hall–Kier alpha value is -3.10. The molecule has 0 aromatic heterocycles. The Balaban J connectivity index is 3.37. The molecular weight excluding hydrogens is 424 g/mol. The highest BCUT2D eigenvalue weighted by molar-refractivity contribution is 5.94. The van der Waals surface area contributed by atoms with Crippen LogP contribution >= 0.6 is 0 Å². The van der Waals surface area contributed by atoms with Crippen molar-refractivity contribution in [1.29, 1.82) is 0 Å². The molecule has 0 fully saturated rings. The topological polar surface area (TPSA) is 131 Å². The molecular formula is C24H38N4O5. The largest absolute Gasteiger partial charge is 0.444 e. The van der Waals surface area contributed by atoms with Crippen LogP contribution in [0.5, 0.6) is 0 Å². The number of amides is 4. The van der Waals surface area contributed by atoms with Crippen molar-refractivity contribution in [3.8, 4) is 0 Å². The van der Waals surface area contributed by atoms with Crippen LogP contribution < -0.4 is 16.4 Å². The minimum atomic E-state index is -1.28. The van der Waals surface area contributed by atoms with Gasteiger partial charge in [-0.1, -0.05) is 29.8 Å². The van der Waals surface area contributed by atoms with E-state index in [9.17, 15) is 19.2 Å². The molecule has 2 unspecified atom stereocenters. The number of aryl methyl sites for hydroxylation is 1. The molecule has 184 valence electrons. The van der Waals surface area contributed by atoms with Crippen molar-refractivity contribution >= 4 is 23.8 Å². The molecule has 0 saturated heterocycles. The van der Waals surface area contributed by atoms with Gasteiger partial charge < -0.3 is 26.0 Å². The van der Waals surface area contributed by atoms with Crippen LogP contribution in [0.25, 0.3) is 0 Å². The lowest BCUT2D eigenvalue weighted by atomic mass is 9.99. The fourth-order valence-corrected chi connectivity index (χ4v) is 3.18. The zero-order chi connectivity index (χ0) is 25.6. The maximum absolute atomic E-state index is 13.5. The Labute approximate surface area is 196 Å². The molecule has 0 bridgehead atoms. The Morgan fingerprint density at radius 3 is 2.00 bits per heavy atom. The van der Waals surface area contributed by atoms with Gasteiger partial charge in [-0.25, -0.2) is 4.79 Å². The SMILES string of the molecule is CCN(C(=O)C(CC(N)=O)NC(=O)OC(C)(C)C)C(C(=O)NC(C)(C)C)c1ccc(C)cc1. The Bertz CT molecular complexity index is 853. The van der Waals surface area contributed by atoms with Gasteiger partial charge in [-0.15, -0.1) is 0 Å². The smallest absolute Gasteiger partial charge is 0.408 e. The van der Waals surface area contributed by atoms with Crippen LogP contribution in [-0.2, 0) is 19.1 Å². The summed E-state index contributed by atoms with van der Waals surface area (Å²) in [4.78, 5) is 52.2. The number of carbonyl (C=O) groups is 4. The summed E-state index contributed by atoms with van der Waals surface area (Å²) >= 11 is 0. The van der Waals surface area contributed by atoms with Crippen LogP contribution in [0.3, 0.4) is 0 Å². The van der Waals surface area contributed by atoms with E-state index < -0.39 is 47.6 Å². The zero-order valence-corrected chi connectivity index (χ0v) is 20.9. The molecule has 9 nitrogen and oxygen atoms in total. The molecule has 4 N–H and O–H groups in total. The van der Waals surface area contributed by atoms with Crippen LogP contribution in [-0.4, -0.2) is 52.4 Å². The van der Waals surface area contributed by atoms with E-state index >= 15 is 0 Å². The van der Waals surface area contributed by atoms with Crippen molar-refractivity contribution in [1.82, 2.24) is 15.5 Å². The lowest BCUT2D eigenvalue weighted by molar-refractivity contribution is -0.143. The molecule has 0 aliphatic rings. The molecule has 0 spiro atoms. The third-order valence-electron chi connectivity index (χ3n) is 4.47. The number of hydrogen-bond donors (Lipinski definition) is 3. The van der Waals surface area contributed by atoms with E-state index in [1.54, 1.807) is 39.8 Å². The predicted molar refractivity (Wildman–Crippen MR) is 126 cm³/mol. The van der Waals surface area contributed by atoms with Gasteiger partial charge in [-0.05, 0) is 61.0 Å². The fraction of sp³-hybridized carbons (Fsp3) is 0.583. The molecule has 4 amide bonds. The second kappa shape index (κ2) is 11.2. The Kier molecular flexibility index (Phi) is 9.45. The van der Waals surface area contributed by atoms with E-state index in [-0.39, 0.29) is 12.5 Å². The van der Waals surface area contributed by atoms with E-state index in [2.05, 4.69) is 10.6 Å². The number of likely N-dealkylation sites (N-methyl/N-ethyl adjacent to an activating group) is 1. The van der Waals surface area contributed by atoms with Crippen molar-refractivity contribution in [2.45, 2.75) is 85.0 Å². The molecule has 2 atom stereocenters. The van der Waals surface area contributed by atoms with Gasteiger partial charge in [0.05, 0.1) is 6.42 Å². The van der Waals surface area contributed by atoms with Crippen molar-refractivity contribution in [2.24, 2.45) is 5.73 Å². The van der Waals surface area contributed by atoms with E-state index in [1.807, 2.05) is 39.8 Å². The average Bonchev–Trinajstić information content (AvgIpc) is 2.62. The fourth-order valence-electron chi connectivity index (χ4n) is 3.18. The average molecular weight is 463 g/mol. The van der Waals surface area contributed by atoms with E-state index in [0.29, 0.717) is 5.56 Å². The number of nitrogens with two attached hydrogens (primary N) is 1. The van der Waals surface area contributed by atoms with Crippen LogP contribution in [0.4, 0.5) is 4.79 Å². The maximum atomic E-state index is 13.5. The second-order valence-corrected chi connectivity index (χ2v) is 10.0. The number of benzene rings is 1. The summed E-state index contributed by atoms with van der Waals surface area (Å²) in [7, 11) is 0. The van der Waals surface area contributed by atoms with E-state index in [4.69, 9.17) is 10.5 Å². The normalized spacial score (nSPS) is 13.5. The number of rotatable bonds is 8. The number of ether oxygens (including phenoxy) is 1. The van der Waals surface area contributed by atoms with Crippen molar-refractivity contribution in [3.05, 3.63) is 35.4 Å². The van der Waals surface area contributed by atoms with Crippen molar-refractivity contribution in [3.63, 3.8) is 0 Å². The van der Waals surface area contributed by atoms with Crippen LogP contribution in [0.2, 0.25) is 0 Å². The number of hydrogen-bond acceptors (Lipinski definition) is 5. The second-order valence-electron chi connectivity index (χ2n) is 10.0. The lowest BCUT2D eigenvalue weighted by Gasteiger charge is -2.35.